The van der Waals surface area contributed by atoms with E-state index in [0.29, 0.717) is 22.5 Å². The Hall–Kier alpha value is -2.48. The molecule has 2 rings (SSSR count). The van der Waals surface area contributed by atoms with E-state index in [9.17, 15) is 9.59 Å². The van der Waals surface area contributed by atoms with Crippen molar-refractivity contribution in [3.63, 3.8) is 0 Å². The van der Waals surface area contributed by atoms with Gasteiger partial charge in [0.25, 0.3) is 5.91 Å². The quantitative estimate of drug-likeness (QED) is 0.735. The highest BCUT2D eigenvalue weighted by Gasteiger charge is 2.12. The third kappa shape index (κ3) is 5.62. The number of anilines is 1. The van der Waals surface area contributed by atoms with Crippen molar-refractivity contribution in [1.82, 2.24) is 10.2 Å². The predicted octanol–water partition coefficient (Wildman–Crippen LogP) is 2.22. The number of amides is 1. The lowest BCUT2D eigenvalue weighted by atomic mass is 10.2. The summed E-state index contributed by atoms with van der Waals surface area (Å²) >= 11 is 1.13. The minimum absolute atomic E-state index is 0.0433. The van der Waals surface area contributed by atoms with E-state index < -0.39 is 0 Å². The van der Waals surface area contributed by atoms with Crippen molar-refractivity contribution in [1.29, 1.82) is 0 Å². The van der Waals surface area contributed by atoms with Gasteiger partial charge in [0.05, 0.1) is 13.0 Å². The fraction of sp³-hybridized carbons (Fsp3) is 0.375. The summed E-state index contributed by atoms with van der Waals surface area (Å²) < 4.78 is 10.2. The van der Waals surface area contributed by atoms with E-state index in [-0.39, 0.29) is 24.9 Å². The molecular formula is C16H19N3O4S. The van der Waals surface area contributed by atoms with Gasteiger partial charge in [0, 0.05) is 0 Å². The van der Waals surface area contributed by atoms with Gasteiger partial charge in [-0.25, -0.2) is 0 Å². The number of aromatic nitrogens is 2. The maximum absolute atomic E-state index is 11.9. The van der Waals surface area contributed by atoms with Crippen molar-refractivity contribution < 1.29 is 19.1 Å². The standard InChI is InChI=1S/C16H19N3O4S/c1-3-11-5-7-12(8-6-11)23-10-13(20)17-16-19-18-14(24-16)9-15(21)22-4-2/h5-8H,3-4,9-10H2,1-2H3,(H,17,19,20). The molecule has 128 valence electrons. The van der Waals surface area contributed by atoms with Crippen LogP contribution in [0.15, 0.2) is 24.3 Å². The van der Waals surface area contributed by atoms with E-state index in [4.69, 9.17) is 9.47 Å². The van der Waals surface area contributed by atoms with Gasteiger partial charge in [0.1, 0.15) is 10.8 Å². The number of aryl methyl sites for hydroxylation is 1. The van der Waals surface area contributed by atoms with E-state index in [1.54, 1.807) is 6.92 Å². The number of carbonyl (C=O) groups excluding carboxylic acids is 2. The number of rotatable bonds is 8. The zero-order valence-electron chi connectivity index (χ0n) is 13.6. The van der Waals surface area contributed by atoms with Crippen molar-refractivity contribution in [2.45, 2.75) is 26.7 Å². The molecule has 24 heavy (non-hydrogen) atoms. The maximum atomic E-state index is 11.9. The fourth-order valence-electron chi connectivity index (χ4n) is 1.84. The topological polar surface area (TPSA) is 90.4 Å². The Morgan fingerprint density at radius 2 is 1.92 bits per heavy atom. The van der Waals surface area contributed by atoms with Crippen LogP contribution in [-0.4, -0.2) is 35.3 Å². The molecule has 1 N–H and O–H groups in total. The molecule has 1 amide bonds. The van der Waals surface area contributed by atoms with Crippen LogP contribution < -0.4 is 10.1 Å². The maximum Gasteiger partial charge on any atom is 0.312 e. The number of hydrogen-bond donors (Lipinski definition) is 1. The first-order valence-electron chi connectivity index (χ1n) is 7.60. The molecule has 0 spiro atoms. The van der Waals surface area contributed by atoms with E-state index in [2.05, 4.69) is 22.4 Å². The van der Waals surface area contributed by atoms with Gasteiger partial charge < -0.3 is 9.47 Å². The first-order chi connectivity index (χ1) is 11.6. The summed E-state index contributed by atoms with van der Waals surface area (Å²) in [4.78, 5) is 23.2. The van der Waals surface area contributed by atoms with Gasteiger partial charge in [0.2, 0.25) is 5.13 Å². The smallest absolute Gasteiger partial charge is 0.312 e. The third-order valence-corrected chi connectivity index (χ3v) is 3.85. The molecule has 0 radical (unpaired) electrons. The van der Waals surface area contributed by atoms with Gasteiger partial charge in [-0.15, -0.1) is 10.2 Å². The lowest BCUT2D eigenvalue weighted by Crippen LogP contribution is -2.20. The Bertz CT molecular complexity index is 685. The van der Waals surface area contributed by atoms with Crippen molar-refractivity contribution in [2.24, 2.45) is 0 Å². The average Bonchev–Trinajstić information content (AvgIpc) is 3.00. The van der Waals surface area contributed by atoms with Crippen LogP contribution in [0.1, 0.15) is 24.4 Å². The molecule has 0 saturated carbocycles. The normalized spacial score (nSPS) is 10.2. The first kappa shape index (κ1) is 17.9. The first-order valence-corrected chi connectivity index (χ1v) is 8.42. The molecule has 0 unspecified atom stereocenters. The molecule has 0 saturated heterocycles. The van der Waals surface area contributed by atoms with Crippen LogP contribution in [0, 0.1) is 0 Å². The van der Waals surface area contributed by atoms with Crippen molar-refractivity contribution >= 4 is 28.3 Å². The summed E-state index contributed by atoms with van der Waals surface area (Å²) in [5.41, 5.74) is 1.20. The van der Waals surface area contributed by atoms with Crippen LogP contribution >= 0.6 is 11.3 Å². The molecule has 7 nitrogen and oxygen atoms in total. The summed E-state index contributed by atoms with van der Waals surface area (Å²) in [6, 6.07) is 7.57. The minimum atomic E-state index is -0.370. The summed E-state index contributed by atoms with van der Waals surface area (Å²) in [5, 5.41) is 11.1. The number of hydrogen-bond acceptors (Lipinski definition) is 7. The van der Waals surface area contributed by atoms with Crippen LogP contribution in [0.25, 0.3) is 0 Å². The monoisotopic (exact) mass is 349 g/mol. The second-order valence-corrected chi connectivity index (χ2v) is 5.88. The molecule has 1 aromatic heterocycles. The zero-order chi connectivity index (χ0) is 17.4. The van der Waals surface area contributed by atoms with Crippen molar-refractivity contribution in [3.05, 3.63) is 34.8 Å². The Kier molecular flexibility index (Phi) is 6.68. The van der Waals surface area contributed by atoms with E-state index in [1.807, 2.05) is 24.3 Å². The number of benzene rings is 1. The number of esters is 1. The molecule has 0 aliphatic carbocycles. The molecule has 0 bridgehead atoms. The third-order valence-electron chi connectivity index (χ3n) is 3.02. The number of nitrogens with zero attached hydrogens (tertiary/aromatic N) is 2. The number of carbonyl (C=O) groups is 2. The molecular weight excluding hydrogens is 330 g/mol. The minimum Gasteiger partial charge on any atom is -0.484 e. The van der Waals surface area contributed by atoms with Crippen LogP contribution in [0.2, 0.25) is 0 Å². The molecule has 2 aromatic rings. The van der Waals surface area contributed by atoms with Crippen molar-refractivity contribution in [2.75, 3.05) is 18.5 Å². The molecule has 0 atom stereocenters. The molecule has 0 aliphatic rings. The highest BCUT2D eigenvalue weighted by atomic mass is 32.1. The fourth-order valence-corrected chi connectivity index (χ4v) is 2.58. The lowest BCUT2D eigenvalue weighted by molar-refractivity contribution is -0.142. The van der Waals surface area contributed by atoms with Crippen molar-refractivity contribution in [3.8, 4) is 5.75 Å². The second kappa shape index (κ2) is 8.97. The second-order valence-electron chi connectivity index (χ2n) is 4.82. The summed E-state index contributed by atoms with van der Waals surface area (Å²) in [6.45, 7) is 4.00. The predicted molar refractivity (Wildman–Crippen MR) is 90.2 cm³/mol. The Morgan fingerprint density at radius 1 is 1.17 bits per heavy atom. The lowest BCUT2D eigenvalue weighted by Gasteiger charge is -2.06. The summed E-state index contributed by atoms with van der Waals surface area (Å²) in [5.74, 6) is -0.0820. The summed E-state index contributed by atoms with van der Waals surface area (Å²) in [7, 11) is 0. The van der Waals surface area contributed by atoms with Gasteiger partial charge in [-0.2, -0.15) is 0 Å². The number of ether oxygens (including phenoxy) is 2. The van der Waals surface area contributed by atoms with E-state index in [1.165, 1.54) is 5.56 Å². The Labute approximate surface area is 144 Å². The van der Waals surface area contributed by atoms with E-state index in [0.717, 1.165) is 17.8 Å². The average molecular weight is 349 g/mol. The molecule has 0 fully saturated rings. The van der Waals surface area contributed by atoms with Crippen LogP contribution in [-0.2, 0) is 27.2 Å². The molecule has 8 heteroatoms. The Morgan fingerprint density at radius 3 is 2.58 bits per heavy atom. The van der Waals surface area contributed by atoms with Crippen LogP contribution in [0.4, 0.5) is 5.13 Å². The molecule has 0 aliphatic heterocycles. The summed E-state index contributed by atoms with van der Waals surface area (Å²) in [6.07, 6.45) is 0.994. The van der Waals surface area contributed by atoms with Gasteiger partial charge >= 0.3 is 5.97 Å². The SMILES string of the molecule is CCOC(=O)Cc1nnc(NC(=O)COc2ccc(CC)cc2)s1. The highest BCUT2D eigenvalue weighted by Crippen LogP contribution is 2.16. The van der Waals surface area contributed by atoms with Gasteiger partial charge in [0.15, 0.2) is 6.61 Å². The van der Waals surface area contributed by atoms with Crippen LogP contribution in [0.5, 0.6) is 5.75 Å². The molecule has 1 aromatic carbocycles. The molecule has 1 heterocycles. The number of nitrogens with one attached hydrogen (secondary N) is 1. The van der Waals surface area contributed by atoms with Gasteiger partial charge in [-0.1, -0.05) is 30.4 Å². The van der Waals surface area contributed by atoms with Gasteiger partial charge in [-0.3, -0.25) is 14.9 Å². The van der Waals surface area contributed by atoms with E-state index >= 15 is 0 Å². The van der Waals surface area contributed by atoms with Gasteiger partial charge in [-0.05, 0) is 31.0 Å². The zero-order valence-corrected chi connectivity index (χ0v) is 14.4. The Balaban J connectivity index is 1.79. The van der Waals surface area contributed by atoms with Crippen LogP contribution in [0.3, 0.4) is 0 Å². The largest absolute Gasteiger partial charge is 0.484 e. The highest BCUT2D eigenvalue weighted by molar-refractivity contribution is 7.15.